The number of hydrogen-bond donors (Lipinski definition) is 1. The zero-order chi connectivity index (χ0) is 18.8. The van der Waals surface area contributed by atoms with E-state index in [0.717, 1.165) is 34.1 Å². The third kappa shape index (κ3) is 3.68. The molecule has 1 N–H and O–H groups in total. The number of carbonyl (C=O) groups is 1. The van der Waals surface area contributed by atoms with Gasteiger partial charge in [0.05, 0.1) is 22.4 Å². The lowest BCUT2D eigenvalue weighted by molar-refractivity contribution is -0.113. The molecule has 27 heavy (non-hydrogen) atoms. The second-order valence-electron chi connectivity index (χ2n) is 6.39. The van der Waals surface area contributed by atoms with Crippen LogP contribution in [0.4, 0.5) is 5.82 Å². The van der Waals surface area contributed by atoms with Crippen molar-refractivity contribution < 1.29 is 9.53 Å². The lowest BCUT2D eigenvalue weighted by Crippen LogP contribution is -2.15. The average molecular weight is 380 g/mol. The van der Waals surface area contributed by atoms with Gasteiger partial charge in [0.2, 0.25) is 5.91 Å². The van der Waals surface area contributed by atoms with E-state index in [2.05, 4.69) is 27.5 Å². The first-order chi connectivity index (χ1) is 13.1. The number of aromatic nitrogens is 3. The standard InChI is InChI=1S/C20H20N4O2S/c1-13-18-19(27-12-17(25)22-20(18)24(2)23-13)14-6-8-16(9-7-14)26-11-15-5-3-4-10-21-15/h3-10,19H,11-12H2,1-2H3,(H,22,25). The number of thioether (sulfide) groups is 1. The molecule has 4 rings (SSSR count). The van der Waals surface area contributed by atoms with Crippen molar-refractivity contribution in [2.75, 3.05) is 11.1 Å². The monoisotopic (exact) mass is 380 g/mol. The maximum atomic E-state index is 12.1. The molecule has 1 unspecified atom stereocenters. The number of amides is 1. The largest absolute Gasteiger partial charge is 0.487 e. The van der Waals surface area contributed by atoms with Gasteiger partial charge in [-0.15, -0.1) is 11.8 Å². The number of nitrogens with zero attached hydrogens (tertiary/aromatic N) is 3. The van der Waals surface area contributed by atoms with Gasteiger partial charge in [0.1, 0.15) is 18.2 Å². The SMILES string of the molecule is Cc1nn(C)c2c1C(c1ccc(OCc3ccccn3)cc1)SCC(=O)N2. The molecule has 1 atom stereocenters. The summed E-state index contributed by atoms with van der Waals surface area (Å²) < 4.78 is 7.56. The molecular weight excluding hydrogens is 360 g/mol. The summed E-state index contributed by atoms with van der Waals surface area (Å²) in [6, 6.07) is 13.8. The number of hydrogen-bond acceptors (Lipinski definition) is 5. The Kier molecular flexibility index (Phi) is 4.85. The number of rotatable bonds is 4. The van der Waals surface area contributed by atoms with Gasteiger partial charge in [0.15, 0.2) is 0 Å². The fourth-order valence-corrected chi connectivity index (χ4v) is 4.38. The first-order valence-corrected chi connectivity index (χ1v) is 9.74. The van der Waals surface area contributed by atoms with E-state index < -0.39 is 0 Å². The van der Waals surface area contributed by atoms with Gasteiger partial charge in [-0.3, -0.25) is 14.5 Å². The zero-order valence-corrected chi connectivity index (χ0v) is 16.0. The van der Waals surface area contributed by atoms with E-state index >= 15 is 0 Å². The van der Waals surface area contributed by atoms with E-state index in [1.165, 1.54) is 0 Å². The zero-order valence-electron chi connectivity index (χ0n) is 15.2. The van der Waals surface area contributed by atoms with E-state index in [9.17, 15) is 4.79 Å². The van der Waals surface area contributed by atoms with Crippen molar-refractivity contribution in [2.24, 2.45) is 7.05 Å². The molecule has 0 saturated carbocycles. The van der Waals surface area contributed by atoms with E-state index in [1.807, 2.05) is 44.3 Å². The molecular formula is C20H20N4O2S. The van der Waals surface area contributed by atoms with Gasteiger partial charge in [-0.05, 0) is 36.8 Å². The van der Waals surface area contributed by atoms with Crippen LogP contribution >= 0.6 is 11.8 Å². The second-order valence-corrected chi connectivity index (χ2v) is 7.48. The maximum absolute atomic E-state index is 12.1. The highest BCUT2D eigenvalue weighted by Crippen LogP contribution is 2.43. The predicted molar refractivity (Wildman–Crippen MR) is 106 cm³/mol. The highest BCUT2D eigenvalue weighted by Gasteiger charge is 2.29. The molecule has 6 nitrogen and oxygen atoms in total. The highest BCUT2D eigenvalue weighted by atomic mass is 32.2. The number of fused-ring (bicyclic) bond motifs is 1. The van der Waals surface area contributed by atoms with Crippen LogP contribution in [0.25, 0.3) is 0 Å². The van der Waals surface area contributed by atoms with Crippen LogP contribution in [0.1, 0.15) is 27.8 Å². The normalized spacial score (nSPS) is 16.4. The van der Waals surface area contributed by atoms with Gasteiger partial charge in [0.25, 0.3) is 0 Å². The summed E-state index contributed by atoms with van der Waals surface area (Å²) in [6.07, 6.45) is 1.76. The Balaban J connectivity index is 1.56. The minimum atomic E-state index is 0.00191. The lowest BCUT2D eigenvalue weighted by Gasteiger charge is -2.16. The Hall–Kier alpha value is -2.80. The first kappa shape index (κ1) is 17.6. The van der Waals surface area contributed by atoms with Crippen molar-refractivity contribution in [3.05, 3.63) is 71.2 Å². The fourth-order valence-electron chi connectivity index (χ4n) is 3.19. The summed E-state index contributed by atoms with van der Waals surface area (Å²) in [5.74, 6) is 1.99. The molecule has 2 aromatic heterocycles. The van der Waals surface area contributed by atoms with Gasteiger partial charge < -0.3 is 10.1 Å². The van der Waals surface area contributed by atoms with Gasteiger partial charge in [-0.2, -0.15) is 5.10 Å². The minimum Gasteiger partial charge on any atom is -0.487 e. The molecule has 3 heterocycles. The molecule has 0 saturated heterocycles. The Bertz CT molecular complexity index is 954. The fraction of sp³-hybridized carbons (Fsp3) is 0.250. The van der Waals surface area contributed by atoms with Gasteiger partial charge >= 0.3 is 0 Å². The van der Waals surface area contributed by atoms with Crippen molar-refractivity contribution in [2.45, 2.75) is 18.8 Å². The van der Waals surface area contributed by atoms with Crippen molar-refractivity contribution in [1.82, 2.24) is 14.8 Å². The van der Waals surface area contributed by atoms with Crippen LogP contribution in [-0.4, -0.2) is 26.4 Å². The number of ether oxygens (including phenoxy) is 1. The van der Waals surface area contributed by atoms with Gasteiger partial charge in [-0.1, -0.05) is 18.2 Å². The number of aryl methyl sites for hydroxylation is 2. The number of benzene rings is 1. The summed E-state index contributed by atoms with van der Waals surface area (Å²) >= 11 is 1.62. The minimum absolute atomic E-state index is 0.00191. The third-order valence-corrected chi connectivity index (χ3v) is 5.74. The Morgan fingerprint density at radius 3 is 2.81 bits per heavy atom. The Morgan fingerprint density at radius 1 is 1.26 bits per heavy atom. The van der Waals surface area contributed by atoms with Crippen LogP contribution in [-0.2, 0) is 18.4 Å². The van der Waals surface area contributed by atoms with E-state index in [1.54, 1.807) is 22.6 Å². The molecule has 1 amide bonds. The quantitative estimate of drug-likeness (QED) is 0.750. The van der Waals surface area contributed by atoms with E-state index in [-0.39, 0.29) is 11.2 Å². The van der Waals surface area contributed by atoms with Crippen molar-refractivity contribution in [1.29, 1.82) is 0 Å². The molecule has 0 spiro atoms. The second kappa shape index (κ2) is 7.44. The van der Waals surface area contributed by atoms with Crippen molar-refractivity contribution >= 4 is 23.5 Å². The summed E-state index contributed by atoms with van der Waals surface area (Å²) in [6.45, 7) is 2.41. The molecule has 1 aliphatic rings. The Morgan fingerprint density at radius 2 is 2.07 bits per heavy atom. The van der Waals surface area contributed by atoms with Crippen LogP contribution in [0, 0.1) is 6.92 Å². The Labute approximate surface area is 162 Å². The smallest absolute Gasteiger partial charge is 0.235 e. The number of pyridine rings is 1. The summed E-state index contributed by atoms with van der Waals surface area (Å²) in [4.78, 5) is 16.3. The molecule has 0 aliphatic carbocycles. The van der Waals surface area contributed by atoms with Crippen LogP contribution < -0.4 is 10.1 Å². The maximum Gasteiger partial charge on any atom is 0.235 e. The number of carbonyl (C=O) groups excluding carboxylic acids is 1. The van der Waals surface area contributed by atoms with Crippen LogP contribution in [0.2, 0.25) is 0 Å². The summed E-state index contributed by atoms with van der Waals surface area (Å²) in [5, 5.41) is 7.51. The highest BCUT2D eigenvalue weighted by molar-refractivity contribution is 8.00. The average Bonchev–Trinajstić information content (AvgIpc) is 2.85. The molecule has 1 aromatic carbocycles. The van der Waals surface area contributed by atoms with E-state index in [4.69, 9.17) is 4.74 Å². The first-order valence-electron chi connectivity index (χ1n) is 8.69. The topological polar surface area (TPSA) is 69.0 Å². The van der Waals surface area contributed by atoms with Crippen molar-refractivity contribution in [3.63, 3.8) is 0 Å². The molecule has 1 aliphatic heterocycles. The third-order valence-electron chi connectivity index (χ3n) is 4.47. The molecule has 138 valence electrons. The van der Waals surface area contributed by atoms with Crippen LogP contribution in [0.5, 0.6) is 5.75 Å². The van der Waals surface area contributed by atoms with E-state index in [0.29, 0.717) is 12.4 Å². The van der Waals surface area contributed by atoms with Gasteiger partial charge in [0, 0.05) is 18.8 Å². The summed E-state index contributed by atoms with van der Waals surface area (Å²) in [7, 11) is 1.85. The van der Waals surface area contributed by atoms with Crippen molar-refractivity contribution in [3.8, 4) is 5.75 Å². The molecule has 0 radical (unpaired) electrons. The lowest BCUT2D eigenvalue weighted by atomic mass is 10.0. The molecule has 0 fully saturated rings. The number of anilines is 1. The van der Waals surface area contributed by atoms with Crippen LogP contribution in [0.3, 0.4) is 0 Å². The van der Waals surface area contributed by atoms with Gasteiger partial charge in [-0.25, -0.2) is 0 Å². The number of nitrogens with one attached hydrogen (secondary N) is 1. The molecule has 7 heteroatoms. The molecule has 0 bridgehead atoms. The predicted octanol–water partition coefficient (Wildman–Crippen LogP) is 3.48. The molecule has 3 aromatic rings. The summed E-state index contributed by atoms with van der Waals surface area (Å²) in [5.41, 5.74) is 4.01. The van der Waals surface area contributed by atoms with Crippen LogP contribution in [0.15, 0.2) is 48.7 Å².